The maximum absolute atomic E-state index is 10.8. The second kappa shape index (κ2) is 4.57. The maximum atomic E-state index is 10.8. The van der Waals surface area contributed by atoms with Crippen molar-refractivity contribution in [2.24, 2.45) is 11.8 Å². The number of carboxylic acid groups (broad SMARTS) is 1. The Morgan fingerprint density at radius 2 is 2.12 bits per heavy atom. The predicted octanol–water partition coefficient (Wildman–Crippen LogP) is 3.13. The van der Waals surface area contributed by atoms with Gasteiger partial charge in [0.1, 0.15) is 0 Å². The van der Waals surface area contributed by atoms with Crippen LogP contribution in [0.15, 0.2) is 18.2 Å². The third-order valence-corrected chi connectivity index (χ3v) is 3.69. The average Bonchev–Trinajstić information content (AvgIpc) is 2.17. The number of carbonyl (C=O) groups is 1. The summed E-state index contributed by atoms with van der Waals surface area (Å²) in [6.07, 6.45) is 0. The van der Waals surface area contributed by atoms with E-state index in [9.17, 15) is 4.79 Å². The topological polar surface area (TPSA) is 40.5 Å². The summed E-state index contributed by atoms with van der Waals surface area (Å²) in [7, 11) is 0. The monoisotopic (exact) mass is 253 g/mol. The van der Waals surface area contributed by atoms with E-state index in [0.29, 0.717) is 16.9 Å². The molecule has 1 aliphatic heterocycles. The second-order valence-corrected chi connectivity index (χ2v) is 5.29. The molecule has 0 spiro atoms. The van der Waals surface area contributed by atoms with Crippen LogP contribution in [0.5, 0.6) is 0 Å². The quantitative estimate of drug-likeness (QED) is 0.900. The maximum Gasteiger partial charge on any atom is 0.335 e. The molecule has 1 aliphatic rings. The first-order chi connectivity index (χ1) is 7.99. The Morgan fingerprint density at radius 3 is 2.59 bits per heavy atom. The van der Waals surface area contributed by atoms with Gasteiger partial charge in [-0.05, 0) is 30.0 Å². The minimum Gasteiger partial charge on any atom is -0.478 e. The van der Waals surface area contributed by atoms with Gasteiger partial charge in [0.25, 0.3) is 0 Å². The summed E-state index contributed by atoms with van der Waals surface area (Å²) in [4.78, 5) is 13.0. The van der Waals surface area contributed by atoms with E-state index in [1.807, 2.05) is 0 Å². The molecule has 0 bridgehead atoms. The van der Waals surface area contributed by atoms with Gasteiger partial charge >= 0.3 is 5.97 Å². The minimum atomic E-state index is -0.942. The number of hydrogen-bond donors (Lipinski definition) is 1. The summed E-state index contributed by atoms with van der Waals surface area (Å²) < 4.78 is 0. The van der Waals surface area contributed by atoms with Crippen LogP contribution in [-0.2, 0) is 0 Å². The second-order valence-electron chi connectivity index (χ2n) is 4.88. The molecule has 2 rings (SSSR count). The van der Waals surface area contributed by atoms with E-state index in [0.717, 1.165) is 18.8 Å². The first kappa shape index (κ1) is 12.2. The molecule has 17 heavy (non-hydrogen) atoms. The number of halogens is 1. The van der Waals surface area contributed by atoms with E-state index >= 15 is 0 Å². The number of aromatic carboxylic acids is 1. The lowest BCUT2D eigenvalue weighted by atomic mass is 9.88. The van der Waals surface area contributed by atoms with Crippen LogP contribution in [0.2, 0.25) is 5.02 Å². The van der Waals surface area contributed by atoms with Crippen LogP contribution >= 0.6 is 11.6 Å². The zero-order chi connectivity index (χ0) is 12.6. The Balaban J connectivity index is 2.11. The third kappa shape index (κ3) is 2.39. The van der Waals surface area contributed by atoms with Gasteiger partial charge in [0, 0.05) is 13.1 Å². The van der Waals surface area contributed by atoms with Gasteiger partial charge in [0.2, 0.25) is 0 Å². The molecule has 0 aliphatic carbocycles. The molecule has 4 heteroatoms. The fraction of sp³-hybridized carbons (Fsp3) is 0.462. The van der Waals surface area contributed by atoms with Crippen LogP contribution in [-0.4, -0.2) is 24.2 Å². The van der Waals surface area contributed by atoms with Gasteiger partial charge in [-0.1, -0.05) is 25.4 Å². The van der Waals surface area contributed by atoms with Crippen molar-refractivity contribution in [3.05, 3.63) is 28.8 Å². The highest BCUT2D eigenvalue weighted by Crippen LogP contribution is 2.34. The lowest BCUT2D eigenvalue weighted by Crippen LogP contribution is -2.49. The molecule has 0 aromatic heterocycles. The SMILES string of the molecule is CC(C)C1CN(c2ccc(C(=O)O)cc2Cl)C1. The molecule has 1 aromatic carbocycles. The van der Waals surface area contributed by atoms with Crippen LogP contribution in [0, 0.1) is 11.8 Å². The van der Waals surface area contributed by atoms with Crippen molar-refractivity contribution in [2.45, 2.75) is 13.8 Å². The molecule has 1 heterocycles. The van der Waals surface area contributed by atoms with Gasteiger partial charge in [-0.3, -0.25) is 0 Å². The average molecular weight is 254 g/mol. The Bertz CT molecular complexity index is 439. The van der Waals surface area contributed by atoms with E-state index in [1.54, 1.807) is 12.1 Å². The molecular weight excluding hydrogens is 238 g/mol. The van der Waals surface area contributed by atoms with Crippen LogP contribution in [0.4, 0.5) is 5.69 Å². The molecule has 0 radical (unpaired) electrons. The lowest BCUT2D eigenvalue weighted by molar-refractivity contribution is 0.0697. The molecule has 0 amide bonds. The van der Waals surface area contributed by atoms with Crippen molar-refractivity contribution >= 4 is 23.3 Å². The van der Waals surface area contributed by atoms with Crippen molar-refractivity contribution in [3.8, 4) is 0 Å². The van der Waals surface area contributed by atoms with Crippen molar-refractivity contribution < 1.29 is 9.90 Å². The smallest absolute Gasteiger partial charge is 0.335 e. The van der Waals surface area contributed by atoms with Crippen molar-refractivity contribution in [1.29, 1.82) is 0 Å². The highest BCUT2D eigenvalue weighted by molar-refractivity contribution is 6.33. The van der Waals surface area contributed by atoms with E-state index < -0.39 is 5.97 Å². The van der Waals surface area contributed by atoms with Crippen LogP contribution in [0.3, 0.4) is 0 Å². The Labute approximate surface area is 106 Å². The largest absolute Gasteiger partial charge is 0.478 e. The van der Waals surface area contributed by atoms with Crippen LogP contribution < -0.4 is 4.90 Å². The molecule has 1 fully saturated rings. The lowest BCUT2D eigenvalue weighted by Gasteiger charge is -2.43. The summed E-state index contributed by atoms with van der Waals surface area (Å²) in [5, 5.41) is 9.37. The molecule has 0 atom stereocenters. The van der Waals surface area contributed by atoms with Gasteiger partial charge in [0.05, 0.1) is 16.3 Å². The molecular formula is C13H16ClNO2. The summed E-state index contributed by atoms with van der Waals surface area (Å²) in [5.41, 5.74) is 1.17. The van der Waals surface area contributed by atoms with Crippen LogP contribution in [0.1, 0.15) is 24.2 Å². The normalized spacial score (nSPS) is 16.1. The summed E-state index contributed by atoms with van der Waals surface area (Å²) in [5.74, 6) is 0.454. The minimum absolute atomic E-state index is 0.236. The van der Waals surface area contributed by atoms with E-state index in [-0.39, 0.29) is 5.56 Å². The number of anilines is 1. The number of nitrogens with zero attached hydrogens (tertiary/aromatic N) is 1. The molecule has 1 saturated heterocycles. The van der Waals surface area contributed by atoms with Crippen molar-refractivity contribution in [2.75, 3.05) is 18.0 Å². The Kier molecular flexibility index (Phi) is 3.29. The van der Waals surface area contributed by atoms with Gasteiger partial charge in [0.15, 0.2) is 0 Å². The Morgan fingerprint density at radius 1 is 1.47 bits per heavy atom. The van der Waals surface area contributed by atoms with E-state index in [1.165, 1.54) is 6.07 Å². The van der Waals surface area contributed by atoms with Crippen molar-refractivity contribution in [1.82, 2.24) is 0 Å². The molecule has 92 valence electrons. The zero-order valence-electron chi connectivity index (χ0n) is 9.98. The standard InChI is InChI=1S/C13H16ClNO2/c1-8(2)10-6-15(7-10)12-4-3-9(13(16)17)5-11(12)14/h3-5,8,10H,6-7H2,1-2H3,(H,16,17). The van der Waals surface area contributed by atoms with Gasteiger partial charge in [-0.25, -0.2) is 4.79 Å². The number of carboxylic acids is 1. The molecule has 1 aromatic rings. The zero-order valence-corrected chi connectivity index (χ0v) is 10.7. The van der Waals surface area contributed by atoms with E-state index in [4.69, 9.17) is 16.7 Å². The molecule has 0 saturated carbocycles. The number of rotatable bonds is 3. The van der Waals surface area contributed by atoms with Gasteiger partial charge in [-0.2, -0.15) is 0 Å². The summed E-state index contributed by atoms with van der Waals surface area (Å²) in [6, 6.07) is 4.91. The number of hydrogen-bond acceptors (Lipinski definition) is 2. The summed E-state index contributed by atoms with van der Waals surface area (Å²) in [6.45, 7) is 6.45. The van der Waals surface area contributed by atoms with Gasteiger partial charge in [-0.15, -0.1) is 0 Å². The van der Waals surface area contributed by atoms with Crippen molar-refractivity contribution in [3.63, 3.8) is 0 Å². The van der Waals surface area contributed by atoms with E-state index in [2.05, 4.69) is 18.7 Å². The fourth-order valence-electron chi connectivity index (χ4n) is 2.03. The first-order valence-corrected chi connectivity index (χ1v) is 6.14. The molecule has 1 N–H and O–H groups in total. The highest BCUT2D eigenvalue weighted by Gasteiger charge is 2.30. The number of benzene rings is 1. The highest BCUT2D eigenvalue weighted by atomic mass is 35.5. The van der Waals surface area contributed by atoms with Crippen LogP contribution in [0.25, 0.3) is 0 Å². The predicted molar refractivity (Wildman–Crippen MR) is 69.0 cm³/mol. The fourth-order valence-corrected chi connectivity index (χ4v) is 2.33. The Hall–Kier alpha value is -1.22. The summed E-state index contributed by atoms with van der Waals surface area (Å²) >= 11 is 6.10. The first-order valence-electron chi connectivity index (χ1n) is 5.77. The molecule has 0 unspecified atom stereocenters. The van der Waals surface area contributed by atoms with Gasteiger partial charge < -0.3 is 10.0 Å². The third-order valence-electron chi connectivity index (χ3n) is 3.39. The molecule has 3 nitrogen and oxygen atoms in total.